The van der Waals surface area contributed by atoms with Crippen LogP contribution >= 0.6 is 0 Å². The number of hydrogen-bond donors (Lipinski definition) is 4. The van der Waals surface area contributed by atoms with Crippen molar-refractivity contribution >= 4 is 29.8 Å². The molecule has 0 aromatic rings. The minimum atomic E-state index is -1.49. The molecule has 12 unspecified atom stereocenters. The van der Waals surface area contributed by atoms with Gasteiger partial charge in [0, 0.05) is 5.92 Å². The third kappa shape index (κ3) is 5.70. The molecule has 13 nitrogen and oxygen atoms in total. The smallest absolute Gasteiger partial charge is 0.310 e. The van der Waals surface area contributed by atoms with E-state index < -0.39 is 90.8 Å². The molecule has 3 fully saturated rings. The van der Waals surface area contributed by atoms with Crippen molar-refractivity contribution in [2.45, 2.75) is 25.4 Å². The highest BCUT2D eigenvalue weighted by Gasteiger charge is 2.55. The first-order valence-electron chi connectivity index (χ1n) is 15.4. The molecule has 45 heavy (non-hydrogen) atoms. The number of carbonyl (C=O) groups excluding carboxylic acids is 2. The van der Waals surface area contributed by atoms with E-state index in [2.05, 4.69) is 0 Å². The number of aliphatic carboxylic acids is 3. The number of carboxylic acid groups (broad SMARTS) is 3. The van der Waals surface area contributed by atoms with E-state index in [9.17, 15) is 44.4 Å². The van der Waals surface area contributed by atoms with E-state index in [-0.39, 0.29) is 48.9 Å². The lowest BCUT2D eigenvalue weighted by atomic mass is 9.83. The molecule has 12 atom stereocenters. The van der Waals surface area contributed by atoms with Crippen molar-refractivity contribution < 1.29 is 63.3 Å². The number of carboxylic acids is 3. The molecule has 0 heterocycles. The SMILES string of the molecule is O=C(O)C1C2C=CC(C2)C1OCOCC(CO)(COC(=O)C1C2C=CC(C2)C1C(=O)O)COC(=O)C1C2C=CC(C2)C1C(=O)O. The Morgan fingerprint density at radius 3 is 1.42 bits per heavy atom. The number of carbonyl (C=O) groups is 5. The molecule has 0 aromatic heterocycles. The lowest BCUT2D eigenvalue weighted by molar-refractivity contribution is -0.180. The largest absolute Gasteiger partial charge is 0.481 e. The van der Waals surface area contributed by atoms with Crippen LogP contribution in [0.15, 0.2) is 36.5 Å². The maximum absolute atomic E-state index is 13.2. The molecule has 13 heteroatoms. The number of rotatable bonds is 15. The van der Waals surface area contributed by atoms with Gasteiger partial charge in [0.05, 0.1) is 54.3 Å². The van der Waals surface area contributed by atoms with Crippen molar-refractivity contribution in [1.29, 1.82) is 0 Å². The second-order valence-electron chi connectivity index (χ2n) is 13.5. The molecule has 3 saturated carbocycles. The molecule has 0 spiro atoms. The van der Waals surface area contributed by atoms with Crippen molar-refractivity contribution in [3.63, 3.8) is 0 Å². The fourth-order valence-electron chi connectivity index (χ4n) is 8.58. The molecule has 6 bridgehead atoms. The van der Waals surface area contributed by atoms with E-state index in [0.717, 1.165) is 0 Å². The Balaban J connectivity index is 1.12. The van der Waals surface area contributed by atoms with Gasteiger partial charge in [-0.1, -0.05) is 36.5 Å². The Morgan fingerprint density at radius 1 is 0.578 bits per heavy atom. The summed E-state index contributed by atoms with van der Waals surface area (Å²) in [5.74, 6) is -10.4. The highest BCUT2D eigenvalue weighted by molar-refractivity contribution is 5.84. The number of fused-ring (bicyclic) bond motifs is 6. The van der Waals surface area contributed by atoms with Crippen LogP contribution in [0.4, 0.5) is 0 Å². The van der Waals surface area contributed by atoms with Gasteiger partial charge in [0.2, 0.25) is 0 Å². The fraction of sp³-hybridized carbons (Fsp3) is 0.656. The van der Waals surface area contributed by atoms with Gasteiger partial charge >= 0.3 is 29.8 Å². The standard InChI is InChI=1S/C32H38O13/c33-10-32(11-42-14-45-26-20-6-5-19(9-20)25(26)29(38)39,12-43-30(40)23-17-3-1-15(7-17)21(23)27(34)35)13-44-31(41)24-18-4-2-16(8-18)22(24)28(36)37/h1-6,15-26,33H,7-14H2,(H,34,35)(H,36,37)(H,38,39). The first-order valence-corrected chi connectivity index (χ1v) is 15.4. The van der Waals surface area contributed by atoms with Crippen molar-refractivity contribution in [3.8, 4) is 0 Å². The van der Waals surface area contributed by atoms with Crippen LogP contribution < -0.4 is 0 Å². The molecule has 0 radical (unpaired) electrons. The highest BCUT2D eigenvalue weighted by Crippen LogP contribution is 2.50. The van der Waals surface area contributed by atoms with Gasteiger partial charge in [0.15, 0.2) is 0 Å². The van der Waals surface area contributed by atoms with Crippen molar-refractivity contribution in [3.05, 3.63) is 36.5 Å². The third-order valence-corrected chi connectivity index (χ3v) is 10.8. The fourth-order valence-corrected chi connectivity index (χ4v) is 8.58. The number of allylic oxidation sites excluding steroid dienone is 5. The molecule has 0 amide bonds. The topological polar surface area (TPSA) is 203 Å². The highest BCUT2D eigenvalue weighted by atomic mass is 16.7. The number of esters is 2. The van der Waals surface area contributed by atoms with Crippen LogP contribution in [-0.2, 0) is 42.9 Å². The lowest BCUT2D eigenvalue weighted by Crippen LogP contribution is -2.45. The zero-order chi connectivity index (χ0) is 32.0. The quantitative estimate of drug-likeness (QED) is 0.0875. The van der Waals surface area contributed by atoms with E-state index in [4.69, 9.17) is 18.9 Å². The van der Waals surface area contributed by atoms with Crippen LogP contribution in [0.3, 0.4) is 0 Å². The van der Waals surface area contributed by atoms with E-state index in [1.165, 1.54) is 0 Å². The Morgan fingerprint density at radius 2 is 0.978 bits per heavy atom. The van der Waals surface area contributed by atoms with Crippen LogP contribution in [-0.4, -0.2) is 89.6 Å². The zero-order valence-corrected chi connectivity index (χ0v) is 24.5. The monoisotopic (exact) mass is 630 g/mol. The number of hydrogen-bond acceptors (Lipinski definition) is 10. The van der Waals surface area contributed by atoms with Crippen LogP contribution in [0.2, 0.25) is 0 Å². The Kier molecular flexibility index (Phi) is 8.61. The van der Waals surface area contributed by atoms with Gasteiger partial charge in [-0.2, -0.15) is 0 Å². The number of aliphatic hydroxyl groups is 1. The maximum Gasteiger partial charge on any atom is 0.310 e. The zero-order valence-electron chi connectivity index (χ0n) is 24.5. The summed E-state index contributed by atoms with van der Waals surface area (Å²) in [6.07, 6.45) is 12.2. The van der Waals surface area contributed by atoms with Gasteiger partial charge in [0.25, 0.3) is 0 Å². The van der Waals surface area contributed by atoms with Gasteiger partial charge < -0.3 is 39.4 Å². The second kappa shape index (κ2) is 12.3. The van der Waals surface area contributed by atoms with E-state index in [1.807, 2.05) is 24.3 Å². The molecule has 0 aromatic carbocycles. The van der Waals surface area contributed by atoms with Crippen LogP contribution in [0.5, 0.6) is 0 Å². The summed E-state index contributed by atoms with van der Waals surface area (Å²) >= 11 is 0. The summed E-state index contributed by atoms with van der Waals surface area (Å²) < 4.78 is 22.7. The molecular weight excluding hydrogens is 592 g/mol. The second-order valence-corrected chi connectivity index (χ2v) is 13.5. The van der Waals surface area contributed by atoms with E-state index in [0.29, 0.717) is 19.3 Å². The van der Waals surface area contributed by atoms with Crippen molar-refractivity contribution in [2.75, 3.05) is 33.2 Å². The molecule has 4 N–H and O–H groups in total. The summed E-state index contributed by atoms with van der Waals surface area (Å²) in [5.41, 5.74) is -1.49. The maximum atomic E-state index is 13.2. The van der Waals surface area contributed by atoms with E-state index >= 15 is 0 Å². The van der Waals surface area contributed by atoms with Gasteiger partial charge in [0.1, 0.15) is 20.0 Å². The van der Waals surface area contributed by atoms with E-state index in [1.54, 1.807) is 12.2 Å². The molecule has 244 valence electrons. The van der Waals surface area contributed by atoms with Gasteiger partial charge in [-0.3, -0.25) is 24.0 Å². The Bertz CT molecular complexity index is 1250. The Hall–Kier alpha value is -3.55. The molecular formula is C32H38O13. The summed E-state index contributed by atoms with van der Waals surface area (Å²) in [5, 5.41) is 39.7. The van der Waals surface area contributed by atoms with Crippen LogP contribution in [0.1, 0.15) is 19.3 Å². The first-order chi connectivity index (χ1) is 21.5. The molecule has 0 aliphatic heterocycles. The average molecular weight is 631 g/mol. The average Bonchev–Trinajstić information content (AvgIpc) is 3.87. The number of ether oxygens (including phenoxy) is 4. The molecule has 6 rings (SSSR count). The van der Waals surface area contributed by atoms with Crippen LogP contribution in [0.25, 0.3) is 0 Å². The van der Waals surface area contributed by atoms with Crippen molar-refractivity contribution in [2.24, 2.45) is 70.5 Å². The molecule has 6 aliphatic carbocycles. The summed E-state index contributed by atoms with van der Waals surface area (Å²) in [6, 6.07) is 0. The third-order valence-electron chi connectivity index (χ3n) is 10.8. The Labute approximate surface area is 258 Å². The summed E-state index contributed by atoms with van der Waals surface area (Å²) in [6.45, 7) is -2.29. The molecule has 0 saturated heterocycles. The summed E-state index contributed by atoms with van der Waals surface area (Å²) in [4.78, 5) is 62.1. The van der Waals surface area contributed by atoms with Gasteiger partial charge in [-0.05, 0) is 48.9 Å². The molecule has 6 aliphatic rings. The predicted molar refractivity (Wildman–Crippen MR) is 150 cm³/mol. The van der Waals surface area contributed by atoms with Crippen molar-refractivity contribution in [1.82, 2.24) is 0 Å². The van der Waals surface area contributed by atoms with Gasteiger partial charge in [-0.25, -0.2) is 0 Å². The minimum absolute atomic E-state index is 0.0693. The first kappa shape index (κ1) is 31.4. The minimum Gasteiger partial charge on any atom is -0.481 e. The normalized spacial score (nSPS) is 39.3. The summed E-state index contributed by atoms with van der Waals surface area (Å²) in [7, 11) is 0. The lowest BCUT2D eigenvalue weighted by Gasteiger charge is -2.33. The predicted octanol–water partition coefficient (Wildman–Crippen LogP) is 1.36. The van der Waals surface area contributed by atoms with Gasteiger partial charge in [-0.15, -0.1) is 0 Å². The van der Waals surface area contributed by atoms with Crippen LogP contribution in [0, 0.1) is 70.5 Å². The number of aliphatic hydroxyl groups excluding tert-OH is 1.